The molecule has 0 bridgehead atoms. The molecule has 0 fully saturated rings. The monoisotopic (exact) mass is 391 g/mol. The van der Waals surface area contributed by atoms with Crippen LogP contribution in [0, 0.1) is 0 Å². The molecule has 1 atom stereocenters. The molecule has 0 saturated heterocycles. The molecule has 1 aromatic heterocycles. The van der Waals surface area contributed by atoms with Gasteiger partial charge >= 0.3 is 0 Å². The van der Waals surface area contributed by atoms with Crippen LogP contribution in [0.25, 0.3) is 11.0 Å². The minimum atomic E-state index is -0.516. The van der Waals surface area contributed by atoms with Crippen molar-refractivity contribution in [2.24, 2.45) is 0 Å². The van der Waals surface area contributed by atoms with Crippen LogP contribution in [0.4, 0.5) is 0 Å². The van der Waals surface area contributed by atoms with Crippen LogP contribution in [0.5, 0.6) is 5.75 Å². The Morgan fingerprint density at radius 2 is 1.83 bits per heavy atom. The Labute approximate surface area is 169 Å². The van der Waals surface area contributed by atoms with Crippen molar-refractivity contribution in [1.29, 1.82) is 0 Å². The molecule has 2 heterocycles. The van der Waals surface area contributed by atoms with Crippen molar-refractivity contribution >= 4 is 16.9 Å². The number of nitrogens with one attached hydrogen (secondary N) is 1. The summed E-state index contributed by atoms with van der Waals surface area (Å²) in [5, 5.41) is 3.40. The van der Waals surface area contributed by atoms with Crippen LogP contribution in [-0.2, 0) is 6.42 Å². The van der Waals surface area contributed by atoms with Crippen molar-refractivity contribution in [1.82, 2.24) is 5.32 Å². The Kier molecular flexibility index (Phi) is 5.38. The third kappa shape index (κ3) is 3.65. The fraction of sp³-hybridized carbons (Fsp3) is 0.333. The van der Waals surface area contributed by atoms with E-state index in [1.807, 2.05) is 43.3 Å². The number of benzene rings is 2. The molecule has 0 spiro atoms. The predicted molar refractivity (Wildman–Crippen MR) is 113 cm³/mol. The molecule has 0 saturated carbocycles. The molecule has 5 heteroatoms. The van der Waals surface area contributed by atoms with E-state index in [1.54, 1.807) is 6.07 Å². The fourth-order valence-electron chi connectivity index (χ4n) is 3.72. The lowest BCUT2D eigenvalue weighted by Crippen LogP contribution is -2.21. The maximum atomic E-state index is 13.2. The van der Waals surface area contributed by atoms with Gasteiger partial charge in [-0.25, -0.2) is 0 Å². The Morgan fingerprint density at radius 3 is 2.55 bits per heavy atom. The highest BCUT2D eigenvalue weighted by Gasteiger charge is 2.35. The number of amides is 1. The van der Waals surface area contributed by atoms with Crippen LogP contribution in [0.1, 0.15) is 66.4 Å². The van der Waals surface area contributed by atoms with Gasteiger partial charge in [0.15, 0.2) is 5.43 Å². The zero-order valence-electron chi connectivity index (χ0n) is 16.8. The van der Waals surface area contributed by atoms with E-state index in [1.165, 1.54) is 0 Å². The van der Waals surface area contributed by atoms with Gasteiger partial charge in [-0.2, -0.15) is 0 Å². The molecule has 150 valence electrons. The highest BCUT2D eigenvalue weighted by Crippen LogP contribution is 2.32. The van der Waals surface area contributed by atoms with Crippen molar-refractivity contribution in [3.05, 3.63) is 75.1 Å². The summed E-state index contributed by atoms with van der Waals surface area (Å²) in [5.74, 6) is 0.535. The first-order valence-electron chi connectivity index (χ1n) is 10.3. The molecule has 5 nitrogen and oxygen atoms in total. The van der Waals surface area contributed by atoms with E-state index in [-0.39, 0.29) is 17.1 Å². The lowest BCUT2D eigenvalue weighted by atomic mass is 9.98. The Morgan fingerprint density at radius 1 is 1.03 bits per heavy atom. The predicted octanol–water partition coefficient (Wildman–Crippen LogP) is 4.76. The molecule has 1 aliphatic heterocycles. The van der Waals surface area contributed by atoms with Gasteiger partial charge in [-0.05, 0) is 48.2 Å². The van der Waals surface area contributed by atoms with Gasteiger partial charge in [-0.1, -0.05) is 44.9 Å². The second kappa shape index (κ2) is 8.11. The molecule has 1 unspecified atom stereocenters. The first kappa shape index (κ1) is 19.2. The second-order valence-electron chi connectivity index (χ2n) is 7.39. The van der Waals surface area contributed by atoms with Crippen LogP contribution < -0.4 is 15.5 Å². The summed E-state index contributed by atoms with van der Waals surface area (Å²) in [6.45, 7) is 4.88. The van der Waals surface area contributed by atoms with E-state index in [2.05, 4.69) is 12.2 Å². The van der Waals surface area contributed by atoms with Crippen molar-refractivity contribution < 1.29 is 13.9 Å². The molecule has 0 radical (unpaired) electrons. The molecular weight excluding hydrogens is 366 g/mol. The normalized spacial score (nSPS) is 15.4. The van der Waals surface area contributed by atoms with Gasteiger partial charge in [-0.15, -0.1) is 0 Å². The number of aryl methyl sites for hydroxylation is 1. The summed E-state index contributed by atoms with van der Waals surface area (Å²) < 4.78 is 11.6. The van der Waals surface area contributed by atoms with Crippen molar-refractivity contribution in [3.8, 4) is 5.75 Å². The SMILES string of the molecule is CCCCCOc1ccc(C2NC(=O)c3oc4ccc(CC)cc4c(=O)c32)cc1. The van der Waals surface area contributed by atoms with Crippen LogP contribution in [0.3, 0.4) is 0 Å². The molecule has 0 aliphatic carbocycles. The Hall–Kier alpha value is -3.08. The molecule has 1 amide bonds. The van der Waals surface area contributed by atoms with Crippen LogP contribution in [0.15, 0.2) is 51.7 Å². The lowest BCUT2D eigenvalue weighted by molar-refractivity contribution is 0.0938. The van der Waals surface area contributed by atoms with Gasteiger partial charge in [0.25, 0.3) is 5.91 Å². The standard InChI is InChI=1S/C24H25NO4/c1-3-5-6-13-28-17-10-8-16(9-11-17)21-20-22(26)18-14-15(4-2)7-12-19(18)29-23(20)24(27)25-21/h7-12,14,21H,3-6,13H2,1-2H3,(H,25,27). The maximum absolute atomic E-state index is 13.2. The number of hydrogen-bond acceptors (Lipinski definition) is 4. The quantitative estimate of drug-likeness (QED) is 0.590. The molecule has 2 aromatic carbocycles. The first-order valence-corrected chi connectivity index (χ1v) is 10.3. The summed E-state index contributed by atoms with van der Waals surface area (Å²) in [7, 11) is 0. The largest absolute Gasteiger partial charge is 0.494 e. The Balaban J connectivity index is 1.67. The van der Waals surface area contributed by atoms with E-state index in [0.29, 0.717) is 23.1 Å². The zero-order chi connectivity index (χ0) is 20.4. The van der Waals surface area contributed by atoms with Gasteiger partial charge in [0.1, 0.15) is 11.3 Å². The number of carbonyl (C=O) groups excluding carboxylic acids is 1. The van der Waals surface area contributed by atoms with E-state index >= 15 is 0 Å². The van der Waals surface area contributed by atoms with E-state index in [0.717, 1.165) is 42.6 Å². The van der Waals surface area contributed by atoms with Crippen molar-refractivity contribution in [3.63, 3.8) is 0 Å². The van der Waals surface area contributed by atoms with Crippen molar-refractivity contribution in [2.75, 3.05) is 6.61 Å². The lowest BCUT2D eigenvalue weighted by Gasteiger charge is -2.13. The summed E-state index contributed by atoms with van der Waals surface area (Å²) in [6, 6.07) is 12.6. The topological polar surface area (TPSA) is 68.5 Å². The maximum Gasteiger partial charge on any atom is 0.288 e. The van der Waals surface area contributed by atoms with Gasteiger partial charge in [0, 0.05) is 0 Å². The first-order chi connectivity index (χ1) is 14.1. The van der Waals surface area contributed by atoms with Gasteiger partial charge < -0.3 is 14.5 Å². The number of carbonyl (C=O) groups is 1. The molecule has 29 heavy (non-hydrogen) atoms. The Bertz CT molecular complexity index is 1100. The van der Waals surface area contributed by atoms with Crippen LogP contribution in [0.2, 0.25) is 0 Å². The minimum Gasteiger partial charge on any atom is -0.494 e. The molecular formula is C24H25NO4. The third-order valence-corrected chi connectivity index (χ3v) is 5.40. The number of rotatable bonds is 7. The van der Waals surface area contributed by atoms with E-state index in [4.69, 9.17) is 9.15 Å². The van der Waals surface area contributed by atoms with Crippen LogP contribution >= 0.6 is 0 Å². The summed E-state index contributed by atoms with van der Waals surface area (Å²) in [6.07, 6.45) is 4.15. The second-order valence-corrected chi connectivity index (χ2v) is 7.39. The van der Waals surface area contributed by atoms with Gasteiger partial charge in [-0.3, -0.25) is 9.59 Å². The zero-order valence-corrected chi connectivity index (χ0v) is 16.8. The summed E-state index contributed by atoms with van der Waals surface area (Å²) in [4.78, 5) is 25.7. The average Bonchev–Trinajstić information content (AvgIpc) is 3.08. The number of ether oxygens (including phenoxy) is 1. The molecule has 1 N–H and O–H groups in total. The molecule has 1 aliphatic rings. The van der Waals surface area contributed by atoms with Crippen molar-refractivity contribution in [2.45, 2.75) is 45.6 Å². The highest BCUT2D eigenvalue weighted by molar-refractivity contribution is 5.99. The molecule has 3 aromatic rings. The minimum absolute atomic E-state index is 0.108. The summed E-state index contributed by atoms with van der Waals surface area (Å²) in [5.41, 5.74) is 2.56. The third-order valence-electron chi connectivity index (χ3n) is 5.40. The average molecular weight is 391 g/mol. The highest BCUT2D eigenvalue weighted by atomic mass is 16.5. The smallest absolute Gasteiger partial charge is 0.288 e. The number of hydrogen-bond donors (Lipinski definition) is 1. The van der Waals surface area contributed by atoms with E-state index in [9.17, 15) is 9.59 Å². The fourth-order valence-corrected chi connectivity index (χ4v) is 3.72. The van der Waals surface area contributed by atoms with E-state index < -0.39 is 6.04 Å². The van der Waals surface area contributed by atoms with Gasteiger partial charge in [0.2, 0.25) is 5.76 Å². The number of unbranched alkanes of at least 4 members (excludes halogenated alkanes) is 2. The number of fused-ring (bicyclic) bond motifs is 2. The molecule has 4 rings (SSSR count). The summed E-state index contributed by atoms with van der Waals surface area (Å²) >= 11 is 0. The van der Waals surface area contributed by atoms with Gasteiger partial charge in [0.05, 0.1) is 23.6 Å². The van der Waals surface area contributed by atoms with Crippen LogP contribution in [-0.4, -0.2) is 12.5 Å².